The number of likely N-dealkylation sites (N-methyl/N-ethyl adjacent to an activating group) is 1. The summed E-state index contributed by atoms with van der Waals surface area (Å²) in [4.78, 5) is 27.3. The van der Waals surface area contributed by atoms with Gasteiger partial charge >= 0.3 is 0 Å². The molecule has 2 aromatic carbocycles. The average Bonchev–Trinajstić information content (AvgIpc) is 2.68. The van der Waals surface area contributed by atoms with Gasteiger partial charge in [0.25, 0.3) is 0 Å². The van der Waals surface area contributed by atoms with Gasteiger partial charge < -0.3 is 10.2 Å². The summed E-state index contributed by atoms with van der Waals surface area (Å²) < 4.78 is 0. The number of hydrogen-bond acceptors (Lipinski definition) is 2. The molecular weight excluding hydrogens is 336 g/mol. The molecule has 2 aromatic rings. The van der Waals surface area contributed by atoms with Crippen molar-refractivity contribution in [2.45, 2.75) is 52.6 Å². The molecule has 4 nitrogen and oxygen atoms in total. The Morgan fingerprint density at radius 3 is 2.22 bits per heavy atom. The van der Waals surface area contributed by atoms with Crippen LogP contribution in [0.1, 0.15) is 43.4 Å². The Morgan fingerprint density at radius 1 is 0.963 bits per heavy atom. The molecule has 2 amide bonds. The largest absolute Gasteiger partial charge is 0.355 e. The summed E-state index contributed by atoms with van der Waals surface area (Å²) in [5, 5.41) is 2.86. The van der Waals surface area contributed by atoms with E-state index in [0.29, 0.717) is 32.4 Å². The number of nitrogens with one attached hydrogen (secondary N) is 1. The van der Waals surface area contributed by atoms with Gasteiger partial charge in [0.1, 0.15) is 6.04 Å². The van der Waals surface area contributed by atoms with Gasteiger partial charge in [0, 0.05) is 19.5 Å². The Morgan fingerprint density at radius 2 is 1.63 bits per heavy atom. The summed E-state index contributed by atoms with van der Waals surface area (Å²) in [5.41, 5.74) is 3.38. The minimum Gasteiger partial charge on any atom is -0.355 e. The molecule has 0 radical (unpaired) electrons. The molecule has 0 bridgehead atoms. The normalized spacial score (nSPS) is 11.7. The Labute approximate surface area is 162 Å². The lowest BCUT2D eigenvalue weighted by Crippen LogP contribution is -2.49. The highest BCUT2D eigenvalue weighted by atomic mass is 16.2. The van der Waals surface area contributed by atoms with Crippen LogP contribution in [0.15, 0.2) is 54.6 Å². The summed E-state index contributed by atoms with van der Waals surface area (Å²) in [6.07, 6.45) is 1.66. The highest BCUT2D eigenvalue weighted by Crippen LogP contribution is 2.15. The van der Waals surface area contributed by atoms with Crippen LogP contribution in [0.5, 0.6) is 0 Å². The van der Waals surface area contributed by atoms with Crippen LogP contribution in [-0.4, -0.2) is 29.3 Å². The van der Waals surface area contributed by atoms with Gasteiger partial charge in [-0.05, 0) is 37.8 Å². The van der Waals surface area contributed by atoms with Crippen molar-refractivity contribution in [1.82, 2.24) is 10.2 Å². The van der Waals surface area contributed by atoms with Gasteiger partial charge in [-0.3, -0.25) is 9.59 Å². The van der Waals surface area contributed by atoms with Crippen molar-refractivity contribution in [2.75, 3.05) is 6.54 Å². The molecule has 0 saturated heterocycles. The standard InChI is InChI=1S/C23H30N2O2/c1-4-21(23(27)24-5-2)25(17-20-9-7-6-8-10-20)22(26)16-15-19-13-11-18(3)12-14-19/h6-14,21H,4-5,15-17H2,1-3H3,(H,24,27)/t21-/m1/s1. The van der Waals surface area contributed by atoms with Crippen molar-refractivity contribution in [2.24, 2.45) is 0 Å². The summed E-state index contributed by atoms with van der Waals surface area (Å²) in [5.74, 6) is -0.0721. The van der Waals surface area contributed by atoms with Crippen LogP contribution >= 0.6 is 0 Å². The molecule has 0 fully saturated rings. The van der Waals surface area contributed by atoms with E-state index in [4.69, 9.17) is 0 Å². The Hall–Kier alpha value is -2.62. The molecule has 0 saturated carbocycles. The number of carbonyl (C=O) groups is 2. The van der Waals surface area contributed by atoms with Crippen LogP contribution in [-0.2, 0) is 22.6 Å². The van der Waals surface area contributed by atoms with Gasteiger partial charge in [0.2, 0.25) is 11.8 Å². The molecule has 0 unspecified atom stereocenters. The predicted octanol–water partition coefficient (Wildman–Crippen LogP) is 3.87. The Bertz CT molecular complexity index is 726. The van der Waals surface area contributed by atoms with Crippen molar-refractivity contribution in [3.63, 3.8) is 0 Å². The fourth-order valence-electron chi connectivity index (χ4n) is 3.14. The summed E-state index contributed by atoms with van der Waals surface area (Å²) in [6, 6.07) is 17.6. The summed E-state index contributed by atoms with van der Waals surface area (Å²) >= 11 is 0. The van der Waals surface area contributed by atoms with E-state index >= 15 is 0 Å². The number of aryl methyl sites for hydroxylation is 2. The number of carbonyl (C=O) groups excluding carboxylic acids is 2. The third-order valence-electron chi connectivity index (χ3n) is 4.68. The molecule has 1 atom stereocenters. The Kier molecular flexibility index (Phi) is 8.05. The molecule has 0 heterocycles. The topological polar surface area (TPSA) is 49.4 Å². The third-order valence-corrected chi connectivity index (χ3v) is 4.68. The summed E-state index contributed by atoms with van der Waals surface area (Å²) in [7, 11) is 0. The van der Waals surface area contributed by atoms with Crippen molar-refractivity contribution < 1.29 is 9.59 Å². The van der Waals surface area contributed by atoms with Crippen LogP contribution in [0, 0.1) is 6.92 Å². The SMILES string of the molecule is CCNC(=O)[C@@H](CC)N(Cc1ccccc1)C(=O)CCc1ccc(C)cc1. The lowest BCUT2D eigenvalue weighted by Gasteiger charge is -2.30. The number of rotatable bonds is 9. The van der Waals surface area contributed by atoms with Crippen molar-refractivity contribution in [1.29, 1.82) is 0 Å². The first-order valence-electron chi connectivity index (χ1n) is 9.71. The fourth-order valence-corrected chi connectivity index (χ4v) is 3.14. The average molecular weight is 367 g/mol. The quantitative estimate of drug-likeness (QED) is 0.732. The zero-order valence-corrected chi connectivity index (χ0v) is 16.6. The predicted molar refractivity (Wildman–Crippen MR) is 109 cm³/mol. The molecule has 4 heteroatoms. The van der Waals surface area contributed by atoms with Gasteiger partial charge in [-0.15, -0.1) is 0 Å². The molecule has 144 valence electrons. The minimum atomic E-state index is -0.448. The number of amides is 2. The lowest BCUT2D eigenvalue weighted by molar-refractivity contribution is -0.141. The van der Waals surface area contributed by atoms with Crippen molar-refractivity contribution in [3.05, 3.63) is 71.3 Å². The van der Waals surface area contributed by atoms with Gasteiger partial charge in [-0.1, -0.05) is 67.1 Å². The number of nitrogens with zero attached hydrogens (tertiary/aromatic N) is 1. The first kappa shape index (κ1) is 20.7. The highest BCUT2D eigenvalue weighted by Gasteiger charge is 2.27. The van der Waals surface area contributed by atoms with Crippen LogP contribution in [0.25, 0.3) is 0 Å². The second-order valence-corrected chi connectivity index (χ2v) is 6.81. The zero-order valence-electron chi connectivity index (χ0n) is 16.6. The van der Waals surface area contributed by atoms with E-state index in [1.807, 2.05) is 44.2 Å². The second-order valence-electron chi connectivity index (χ2n) is 6.81. The smallest absolute Gasteiger partial charge is 0.242 e. The monoisotopic (exact) mass is 366 g/mol. The first-order valence-corrected chi connectivity index (χ1v) is 9.71. The lowest BCUT2D eigenvalue weighted by atomic mass is 10.1. The van der Waals surface area contributed by atoms with E-state index in [1.54, 1.807) is 4.90 Å². The molecular formula is C23H30N2O2. The van der Waals surface area contributed by atoms with Crippen molar-refractivity contribution >= 4 is 11.8 Å². The molecule has 0 aromatic heterocycles. The van der Waals surface area contributed by atoms with E-state index < -0.39 is 6.04 Å². The van der Waals surface area contributed by atoms with Crippen LogP contribution in [0.4, 0.5) is 0 Å². The van der Waals surface area contributed by atoms with E-state index in [9.17, 15) is 9.59 Å². The Balaban J connectivity index is 2.14. The van der Waals surface area contributed by atoms with Crippen LogP contribution in [0.2, 0.25) is 0 Å². The molecule has 2 rings (SSSR count). The van der Waals surface area contributed by atoms with Gasteiger partial charge in [-0.2, -0.15) is 0 Å². The number of benzene rings is 2. The van der Waals surface area contributed by atoms with E-state index in [0.717, 1.165) is 11.1 Å². The molecule has 0 spiro atoms. The molecule has 27 heavy (non-hydrogen) atoms. The zero-order chi connectivity index (χ0) is 19.6. The van der Waals surface area contributed by atoms with E-state index in [1.165, 1.54) is 5.56 Å². The number of hydrogen-bond donors (Lipinski definition) is 1. The molecule has 0 aliphatic rings. The molecule has 0 aliphatic carbocycles. The van der Waals surface area contributed by atoms with Crippen molar-refractivity contribution in [3.8, 4) is 0 Å². The third kappa shape index (κ3) is 6.24. The molecule has 0 aliphatic heterocycles. The maximum Gasteiger partial charge on any atom is 0.242 e. The maximum absolute atomic E-state index is 13.0. The van der Waals surface area contributed by atoms with Gasteiger partial charge in [-0.25, -0.2) is 0 Å². The maximum atomic E-state index is 13.0. The second kappa shape index (κ2) is 10.5. The molecule has 1 N–H and O–H groups in total. The van der Waals surface area contributed by atoms with Gasteiger partial charge in [0.15, 0.2) is 0 Å². The van der Waals surface area contributed by atoms with Crippen LogP contribution in [0.3, 0.4) is 0 Å². The minimum absolute atomic E-state index is 0.0116. The van der Waals surface area contributed by atoms with E-state index in [-0.39, 0.29) is 11.8 Å². The fraction of sp³-hybridized carbons (Fsp3) is 0.391. The van der Waals surface area contributed by atoms with Crippen LogP contribution < -0.4 is 5.32 Å². The van der Waals surface area contributed by atoms with E-state index in [2.05, 4.69) is 36.5 Å². The highest BCUT2D eigenvalue weighted by molar-refractivity contribution is 5.87. The first-order chi connectivity index (χ1) is 13.0. The van der Waals surface area contributed by atoms with Gasteiger partial charge in [0.05, 0.1) is 0 Å². The summed E-state index contributed by atoms with van der Waals surface area (Å²) in [6.45, 7) is 6.90.